The van der Waals surface area contributed by atoms with Gasteiger partial charge >= 0.3 is 6.18 Å². The summed E-state index contributed by atoms with van der Waals surface area (Å²) < 4.78 is 39.1. The molecule has 0 spiro atoms. The van der Waals surface area contributed by atoms with E-state index in [0.29, 0.717) is 4.47 Å². The molecule has 0 saturated heterocycles. The maximum absolute atomic E-state index is 12.8. The molecule has 0 fully saturated rings. The molecule has 1 aromatic rings. The van der Waals surface area contributed by atoms with Crippen LogP contribution in [0.3, 0.4) is 0 Å². The highest BCUT2D eigenvalue weighted by Gasteiger charge is 2.55. The van der Waals surface area contributed by atoms with Crippen molar-refractivity contribution < 1.29 is 23.1 Å². The minimum Gasteiger partial charge on any atom is -0.376 e. The fourth-order valence-corrected chi connectivity index (χ4v) is 1.72. The topological polar surface area (TPSA) is 37.3 Å². The van der Waals surface area contributed by atoms with E-state index in [0.717, 1.165) is 19.1 Å². The SMILES string of the molecule is CC(=O)C[C@](O)(c1ccc(Br)cc1)C(F)(F)F. The first-order valence-corrected chi connectivity index (χ1v) is 5.51. The molecular weight excluding hydrogens is 301 g/mol. The maximum Gasteiger partial charge on any atom is 0.421 e. The second kappa shape index (κ2) is 4.78. The monoisotopic (exact) mass is 310 g/mol. The van der Waals surface area contributed by atoms with Gasteiger partial charge in [-0.1, -0.05) is 28.1 Å². The lowest BCUT2D eigenvalue weighted by atomic mass is 9.88. The molecule has 0 aromatic heterocycles. The van der Waals surface area contributed by atoms with E-state index in [1.807, 2.05) is 0 Å². The van der Waals surface area contributed by atoms with Gasteiger partial charge in [0.05, 0.1) is 0 Å². The second-order valence-corrected chi connectivity index (χ2v) is 4.66. The normalized spacial score (nSPS) is 15.4. The van der Waals surface area contributed by atoms with E-state index in [-0.39, 0.29) is 5.56 Å². The van der Waals surface area contributed by atoms with Gasteiger partial charge in [-0.3, -0.25) is 4.79 Å². The van der Waals surface area contributed by atoms with Crippen LogP contribution < -0.4 is 0 Å². The largest absolute Gasteiger partial charge is 0.421 e. The lowest BCUT2D eigenvalue weighted by Gasteiger charge is -2.30. The third-order valence-corrected chi connectivity index (χ3v) is 2.82. The Balaban J connectivity index is 3.24. The van der Waals surface area contributed by atoms with Crippen molar-refractivity contribution in [2.45, 2.75) is 25.1 Å². The molecule has 0 unspecified atom stereocenters. The molecule has 1 rings (SSSR count). The number of aliphatic hydroxyl groups is 1. The minimum absolute atomic E-state index is 0.344. The first-order chi connectivity index (χ1) is 7.67. The van der Waals surface area contributed by atoms with Crippen LogP contribution in [-0.2, 0) is 10.4 Å². The van der Waals surface area contributed by atoms with Gasteiger partial charge in [-0.05, 0) is 24.6 Å². The van der Waals surface area contributed by atoms with Crippen molar-refractivity contribution in [2.75, 3.05) is 0 Å². The molecule has 6 heteroatoms. The van der Waals surface area contributed by atoms with E-state index >= 15 is 0 Å². The lowest BCUT2D eigenvalue weighted by Crippen LogP contribution is -2.43. The zero-order valence-electron chi connectivity index (χ0n) is 8.88. The quantitative estimate of drug-likeness (QED) is 0.931. The number of benzene rings is 1. The van der Waals surface area contributed by atoms with Crippen molar-refractivity contribution in [1.29, 1.82) is 0 Å². The van der Waals surface area contributed by atoms with Gasteiger partial charge in [0.25, 0.3) is 0 Å². The smallest absolute Gasteiger partial charge is 0.376 e. The molecule has 1 atom stereocenters. The van der Waals surface area contributed by atoms with Crippen molar-refractivity contribution >= 4 is 21.7 Å². The summed E-state index contributed by atoms with van der Waals surface area (Å²) in [7, 11) is 0. The van der Waals surface area contributed by atoms with Gasteiger partial charge in [0, 0.05) is 10.9 Å². The van der Waals surface area contributed by atoms with E-state index in [9.17, 15) is 23.1 Å². The molecule has 0 amide bonds. The molecule has 1 N–H and O–H groups in total. The van der Waals surface area contributed by atoms with Crippen LogP contribution in [0, 0.1) is 0 Å². The molecule has 17 heavy (non-hydrogen) atoms. The Kier molecular flexibility index (Phi) is 3.99. The minimum atomic E-state index is -4.90. The molecule has 0 aliphatic rings. The molecular formula is C11H10BrF3O2. The van der Waals surface area contributed by atoms with Crippen molar-refractivity contribution in [2.24, 2.45) is 0 Å². The Morgan fingerprint density at radius 3 is 2.12 bits per heavy atom. The molecule has 94 valence electrons. The number of alkyl halides is 3. The number of hydrogen-bond donors (Lipinski definition) is 1. The average Bonchev–Trinajstić information content (AvgIpc) is 2.15. The van der Waals surface area contributed by atoms with Crippen LogP contribution in [0.15, 0.2) is 28.7 Å². The summed E-state index contributed by atoms with van der Waals surface area (Å²) in [6, 6.07) is 5.04. The number of Topliss-reactive ketones (excluding diaryl/α,β-unsaturated/α-hetero) is 1. The molecule has 0 heterocycles. The van der Waals surface area contributed by atoms with Crippen LogP contribution in [0.2, 0.25) is 0 Å². The van der Waals surface area contributed by atoms with Crippen LogP contribution in [-0.4, -0.2) is 17.1 Å². The number of carbonyl (C=O) groups is 1. The average molecular weight is 311 g/mol. The number of ketones is 1. The van der Waals surface area contributed by atoms with E-state index in [4.69, 9.17) is 0 Å². The van der Waals surface area contributed by atoms with Gasteiger partial charge in [-0.2, -0.15) is 13.2 Å². The highest BCUT2D eigenvalue weighted by Crippen LogP contribution is 2.41. The molecule has 0 aliphatic heterocycles. The van der Waals surface area contributed by atoms with Crippen LogP contribution in [0.25, 0.3) is 0 Å². The predicted molar refractivity (Wildman–Crippen MR) is 59.4 cm³/mol. The summed E-state index contributed by atoms with van der Waals surface area (Å²) in [6.07, 6.45) is -5.88. The fourth-order valence-electron chi connectivity index (χ4n) is 1.45. The first kappa shape index (κ1) is 14.2. The van der Waals surface area contributed by atoms with Gasteiger partial charge < -0.3 is 5.11 Å². The molecule has 2 nitrogen and oxygen atoms in total. The summed E-state index contributed by atoms with van der Waals surface area (Å²) in [4.78, 5) is 10.9. The number of carbonyl (C=O) groups excluding carboxylic acids is 1. The Morgan fingerprint density at radius 1 is 1.29 bits per heavy atom. The van der Waals surface area contributed by atoms with Crippen LogP contribution >= 0.6 is 15.9 Å². The van der Waals surface area contributed by atoms with E-state index < -0.39 is 24.0 Å². The molecule has 1 aromatic carbocycles. The number of hydrogen-bond acceptors (Lipinski definition) is 2. The van der Waals surface area contributed by atoms with Gasteiger partial charge in [0.15, 0.2) is 5.60 Å². The van der Waals surface area contributed by atoms with Crippen molar-refractivity contribution in [3.05, 3.63) is 34.3 Å². The highest BCUT2D eigenvalue weighted by molar-refractivity contribution is 9.10. The van der Waals surface area contributed by atoms with Gasteiger partial charge in [0.2, 0.25) is 0 Å². The first-order valence-electron chi connectivity index (χ1n) is 4.71. The summed E-state index contributed by atoms with van der Waals surface area (Å²) in [5, 5.41) is 9.72. The molecule has 0 radical (unpaired) electrons. The standard InChI is InChI=1S/C11H10BrF3O2/c1-7(16)6-10(17,11(13,14)15)8-2-4-9(12)5-3-8/h2-5,17H,6H2,1H3/t10-/m0/s1. The summed E-state index contributed by atoms with van der Waals surface area (Å²) >= 11 is 3.08. The predicted octanol–water partition coefficient (Wildman–Crippen LogP) is 3.18. The Bertz CT molecular complexity index is 414. The summed E-state index contributed by atoms with van der Waals surface area (Å²) in [5.41, 5.74) is -3.47. The van der Waals surface area contributed by atoms with Crippen LogP contribution in [0.5, 0.6) is 0 Å². The fraction of sp³-hybridized carbons (Fsp3) is 0.364. The van der Waals surface area contributed by atoms with Crippen molar-refractivity contribution in [3.8, 4) is 0 Å². The third-order valence-electron chi connectivity index (χ3n) is 2.30. The second-order valence-electron chi connectivity index (χ2n) is 3.74. The van der Waals surface area contributed by atoms with Gasteiger partial charge in [0.1, 0.15) is 5.78 Å². The lowest BCUT2D eigenvalue weighted by molar-refractivity contribution is -0.267. The van der Waals surface area contributed by atoms with E-state index in [2.05, 4.69) is 15.9 Å². The third kappa shape index (κ3) is 3.07. The Labute approximate surface area is 105 Å². The number of halogens is 4. The Hall–Kier alpha value is -0.880. The zero-order valence-corrected chi connectivity index (χ0v) is 10.5. The van der Waals surface area contributed by atoms with E-state index in [1.165, 1.54) is 12.1 Å². The van der Waals surface area contributed by atoms with Gasteiger partial charge in [-0.25, -0.2) is 0 Å². The summed E-state index contributed by atoms with van der Waals surface area (Å²) in [6.45, 7) is 1.01. The molecule has 0 saturated carbocycles. The summed E-state index contributed by atoms with van der Waals surface area (Å²) in [5.74, 6) is -0.729. The van der Waals surface area contributed by atoms with Gasteiger partial charge in [-0.15, -0.1) is 0 Å². The van der Waals surface area contributed by atoms with Crippen LogP contribution in [0.4, 0.5) is 13.2 Å². The molecule has 0 bridgehead atoms. The van der Waals surface area contributed by atoms with E-state index in [1.54, 1.807) is 0 Å². The highest BCUT2D eigenvalue weighted by atomic mass is 79.9. The number of rotatable bonds is 3. The van der Waals surface area contributed by atoms with Crippen molar-refractivity contribution in [1.82, 2.24) is 0 Å². The van der Waals surface area contributed by atoms with Crippen molar-refractivity contribution in [3.63, 3.8) is 0 Å². The Morgan fingerprint density at radius 2 is 1.76 bits per heavy atom. The maximum atomic E-state index is 12.8. The zero-order chi connectivity index (χ0) is 13.3. The molecule has 0 aliphatic carbocycles. The van der Waals surface area contributed by atoms with Crippen LogP contribution in [0.1, 0.15) is 18.9 Å².